The van der Waals surface area contributed by atoms with Crippen LogP contribution in [0.5, 0.6) is 0 Å². The van der Waals surface area contributed by atoms with Gasteiger partial charge >= 0.3 is 0 Å². The minimum atomic E-state index is -0.367. The van der Waals surface area contributed by atoms with E-state index in [1.807, 2.05) is 12.1 Å². The third-order valence-corrected chi connectivity index (χ3v) is 2.40. The Morgan fingerprint density at radius 2 is 2.41 bits per heavy atom. The van der Waals surface area contributed by atoms with Crippen molar-refractivity contribution >= 4 is 5.91 Å². The fraction of sp³-hybridized carbons (Fsp3) is 0.273. The van der Waals surface area contributed by atoms with E-state index >= 15 is 0 Å². The first-order chi connectivity index (χ1) is 8.27. The lowest BCUT2D eigenvalue weighted by atomic mass is 10.2. The second kappa shape index (κ2) is 5.20. The molecule has 2 rings (SSSR count). The highest BCUT2D eigenvalue weighted by molar-refractivity contribution is 5.79. The fourth-order valence-corrected chi connectivity index (χ4v) is 1.38. The molecule has 0 fully saturated rings. The van der Waals surface area contributed by atoms with Crippen LogP contribution in [0, 0.1) is 0 Å². The Hall–Kier alpha value is -2.24. The number of amides is 1. The Kier molecular flexibility index (Phi) is 3.44. The normalized spacial score (nSPS) is 12.1. The van der Waals surface area contributed by atoms with E-state index in [1.54, 1.807) is 19.3 Å². The van der Waals surface area contributed by atoms with Crippen molar-refractivity contribution in [2.24, 2.45) is 0 Å². The van der Waals surface area contributed by atoms with Crippen LogP contribution in [0.1, 0.15) is 18.5 Å². The highest BCUT2D eigenvalue weighted by atomic mass is 16.2. The van der Waals surface area contributed by atoms with Gasteiger partial charge in [-0.1, -0.05) is 6.07 Å². The number of nitrogens with zero attached hydrogens (tertiary/aromatic N) is 4. The number of aromatic nitrogens is 4. The van der Waals surface area contributed by atoms with E-state index < -0.39 is 0 Å². The molecular weight excluding hydrogens is 218 g/mol. The maximum atomic E-state index is 11.8. The van der Waals surface area contributed by atoms with Crippen molar-refractivity contribution in [3.8, 4) is 0 Å². The van der Waals surface area contributed by atoms with Crippen molar-refractivity contribution in [1.29, 1.82) is 0 Å². The van der Waals surface area contributed by atoms with E-state index in [9.17, 15) is 4.79 Å². The molecule has 17 heavy (non-hydrogen) atoms. The second-order valence-corrected chi connectivity index (χ2v) is 3.63. The first kappa shape index (κ1) is 11.3. The number of carbonyl (C=O) groups is 1. The maximum Gasteiger partial charge on any atom is 0.244 e. The summed E-state index contributed by atoms with van der Waals surface area (Å²) in [4.78, 5) is 19.6. The van der Waals surface area contributed by atoms with Gasteiger partial charge in [-0.05, 0) is 18.6 Å². The Bertz CT molecular complexity index is 468. The fourth-order valence-electron chi connectivity index (χ4n) is 1.38. The van der Waals surface area contributed by atoms with Crippen LogP contribution in [-0.2, 0) is 11.3 Å². The van der Waals surface area contributed by atoms with E-state index in [-0.39, 0.29) is 11.9 Å². The molecule has 0 saturated carbocycles. The number of hydrogen-bond donors (Lipinski definition) is 1. The van der Waals surface area contributed by atoms with Gasteiger partial charge in [-0.3, -0.25) is 9.78 Å². The molecule has 0 aromatic carbocycles. The molecule has 88 valence electrons. The summed E-state index contributed by atoms with van der Waals surface area (Å²) in [5, 5.41) is 6.74. The molecule has 0 aliphatic carbocycles. The molecule has 0 aliphatic heterocycles. The van der Waals surface area contributed by atoms with Gasteiger partial charge in [-0.15, -0.1) is 0 Å². The largest absolute Gasteiger partial charge is 0.350 e. The highest BCUT2D eigenvalue weighted by Crippen LogP contribution is 2.02. The summed E-state index contributed by atoms with van der Waals surface area (Å²) in [5.41, 5.74) is 0.964. The van der Waals surface area contributed by atoms with Gasteiger partial charge in [-0.25, -0.2) is 9.67 Å². The van der Waals surface area contributed by atoms with Crippen LogP contribution >= 0.6 is 0 Å². The number of carbonyl (C=O) groups excluding carboxylic acids is 1. The van der Waals surface area contributed by atoms with Crippen LogP contribution in [0.25, 0.3) is 0 Å². The first-order valence-corrected chi connectivity index (χ1v) is 5.28. The van der Waals surface area contributed by atoms with Crippen molar-refractivity contribution in [1.82, 2.24) is 25.1 Å². The molecule has 2 aromatic heterocycles. The highest BCUT2D eigenvalue weighted by Gasteiger charge is 2.14. The van der Waals surface area contributed by atoms with Gasteiger partial charge in [-0.2, -0.15) is 5.10 Å². The van der Waals surface area contributed by atoms with Crippen molar-refractivity contribution in [2.45, 2.75) is 19.5 Å². The maximum absolute atomic E-state index is 11.8. The lowest BCUT2D eigenvalue weighted by Gasteiger charge is -2.11. The van der Waals surface area contributed by atoms with Gasteiger partial charge < -0.3 is 5.32 Å². The van der Waals surface area contributed by atoms with Crippen LogP contribution in [-0.4, -0.2) is 25.7 Å². The van der Waals surface area contributed by atoms with Crippen LogP contribution in [0.3, 0.4) is 0 Å². The smallest absolute Gasteiger partial charge is 0.244 e. The predicted molar refractivity (Wildman–Crippen MR) is 60.8 cm³/mol. The third-order valence-electron chi connectivity index (χ3n) is 2.40. The van der Waals surface area contributed by atoms with Gasteiger partial charge in [0.25, 0.3) is 0 Å². The van der Waals surface area contributed by atoms with Gasteiger partial charge in [0.2, 0.25) is 5.91 Å². The SMILES string of the molecule is CC(C(=O)NCc1cccnc1)n1cncn1. The topological polar surface area (TPSA) is 72.7 Å². The van der Waals surface area contributed by atoms with Crippen molar-refractivity contribution in [3.63, 3.8) is 0 Å². The van der Waals surface area contributed by atoms with Gasteiger partial charge in [0, 0.05) is 18.9 Å². The number of nitrogens with one attached hydrogen (secondary N) is 1. The van der Waals surface area contributed by atoms with Gasteiger partial charge in [0.15, 0.2) is 0 Å². The molecule has 1 amide bonds. The summed E-state index contributed by atoms with van der Waals surface area (Å²) in [7, 11) is 0. The zero-order valence-corrected chi connectivity index (χ0v) is 9.45. The van der Waals surface area contributed by atoms with Crippen LogP contribution in [0.15, 0.2) is 37.2 Å². The molecule has 0 radical (unpaired) electrons. The summed E-state index contributed by atoms with van der Waals surface area (Å²) in [6.45, 7) is 2.24. The van der Waals surface area contributed by atoms with E-state index in [0.29, 0.717) is 6.54 Å². The lowest BCUT2D eigenvalue weighted by molar-refractivity contribution is -0.124. The molecule has 6 heteroatoms. The average Bonchev–Trinajstić information content (AvgIpc) is 2.90. The van der Waals surface area contributed by atoms with Gasteiger partial charge in [0.1, 0.15) is 18.7 Å². The number of rotatable bonds is 4. The molecule has 1 unspecified atom stereocenters. The monoisotopic (exact) mass is 231 g/mol. The molecule has 0 aliphatic rings. The summed E-state index contributed by atoms with van der Waals surface area (Å²) in [6, 6.07) is 3.38. The standard InChI is InChI=1S/C11H13N5O/c1-9(16-8-13-7-15-16)11(17)14-6-10-3-2-4-12-5-10/h2-5,7-9H,6H2,1H3,(H,14,17). The minimum absolute atomic E-state index is 0.0978. The molecule has 1 atom stereocenters. The Morgan fingerprint density at radius 3 is 3.06 bits per heavy atom. The molecule has 0 bridgehead atoms. The molecule has 6 nitrogen and oxygen atoms in total. The zero-order valence-electron chi connectivity index (χ0n) is 9.45. The average molecular weight is 231 g/mol. The molecule has 1 N–H and O–H groups in total. The summed E-state index contributed by atoms with van der Waals surface area (Å²) in [6.07, 6.45) is 6.35. The van der Waals surface area contributed by atoms with E-state index in [2.05, 4.69) is 20.4 Å². The number of pyridine rings is 1. The van der Waals surface area contributed by atoms with E-state index in [1.165, 1.54) is 17.3 Å². The van der Waals surface area contributed by atoms with Crippen LogP contribution in [0.2, 0.25) is 0 Å². The molecule has 2 heterocycles. The predicted octanol–water partition coefficient (Wildman–Crippen LogP) is 0.551. The lowest BCUT2D eigenvalue weighted by Crippen LogP contribution is -2.30. The Labute approximate surface area is 98.7 Å². The Morgan fingerprint density at radius 1 is 1.53 bits per heavy atom. The molecule has 0 saturated heterocycles. The van der Waals surface area contributed by atoms with Crippen molar-refractivity contribution in [3.05, 3.63) is 42.7 Å². The summed E-state index contributed by atoms with van der Waals surface area (Å²) < 4.78 is 1.51. The van der Waals surface area contributed by atoms with Crippen molar-refractivity contribution in [2.75, 3.05) is 0 Å². The Balaban J connectivity index is 1.90. The third kappa shape index (κ3) is 2.87. The first-order valence-electron chi connectivity index (χ1n) is 5.28. The van der Waals surface area contributed by atoms with Crippen LogP contribution in [0.4, 0.5) is 0 Å². The minimum Gasteiger partial charge on any atom is -0.350 e. The zero-order chi connectivity index (χ0) is 12.1. The van der Waals surface area contributed by atoms with E-state index in [0.717, 1.165) is 5.56 Å². The van der Waals surface area contributed by atoms with Gasteiger partial charge in [0.05, 0.1) is 0 Å². The second-order valence-electron chi connectivity index (χ2n) is 3.63. The van der Waals surface area contributed by atoms with Crippen LogP contribution < -0.4 is 5.32 Å². The van der Waals surface area contributed by atoms with Crippen molar-refractivity contribution < 1.29 is 4.79 Å². The van der Waals surface area contributed by atoms with E-state index in [4.69, 9.17) is 0 Å². The molecule has 2 aromatic rings. The molecular formula is C11H13N5O. The summed E-state index contributed by atoms with van der Waals surface area (Å²) >= 11 is 0. The number of hydrogen-bond acceptors (Lipinski definition) is 4. The summed E-state index contributed by atoms with van der Waals surface area (Å²) in [5.74, 6) is -0.0978. The molecule has 0 spiro atoms. The quantitative estimate of drug-likeness (QED) is 0.834.